The van der Waals surface area contributed by atoms with Gasteiger partial charge in [-0.05, 0) is 43.6 Å². The van der Waals surface area contributed by atoms with E-state index in [-0.39, 0.29) is 18.0 Å². The van der Waals surface area contributed by atoms with Gasteiger partial charge in [0.1, 0.15) is 6.26 Å². The molecule has 0 bridgehead atoms. The van der Waals surface area contributed by atoms with Gasteiger partial charge < -0.3 is 15.5 Å². The lowest BCUT2D eigenvalue weighted by Gasteiger charge is -2.26. The largest absolute Gasteiger partial charge is 0.446 e. The maximum absolute atomic E-state index is 12.3. The van der Waals surface area contributed by atoms with Gasteiger partial charge in [0.2, 0.25) is 5.89 Å². The third-order valence-corrected chi connectivity index (χ3v) is 4.72. The van der Waals surface area contributed by atoms with Crippen LogP contribution in [-0.2, 0) is 6.42 Å². The number of amides is 1. The van der Waals surface area contributed by atoms with E-state index in [0.717, 1.165) is 37.2 Å². The molecule has 3 N–H and O–H groups in total. The van der Waals surface area contributed by atoms with E-state index in [9.17, 15) is 4.79 Å². The summed E-state index contributed by atoms with van der Waals surface area (Å²) in [5, 5.41) is 3.06. The predicted octanol–water partition coefficient (Wildman–Crippen LogP) is 3.23. The first-order valence-corrected chi connectivity index (χ1v) is 8.67. The van der Waals surface area contributed by atoms with Crippen molar-refractivity contribution in [2.45, 2.75) is 51.1 Å². The van der Waals surface area contributed by atoms with Gasteiger partial charge in [-0.15, -0.1) is 0 Å². The number of rotatable bonds is 5. The summed E-state index contributed by atoms with van der Waals surface area (Å²) < 4.78 is 5.43. The molecular formula is C19H25N3O2. The molecule has 0 saturated heterocycles. The fourth-order valence-electron chi connectivity index (χ4n) is 3.18. The van der Waals surface area contributed by atoms with Crippen molar-refractivity contribution in [1.29, 1.82) is 0 Å². The Balaban J connectivity index is 1.57. The highest BCUT2D eigenvalue weighted by Crippen LogP contribution is 2.23. The molecule has 5 nitrogen and oxygen atoms in total. The van der Waals surface area contributed by atoms with Crippen molar-refractivity contribution in [1.82, 2.24) is 10.3 Å². The molecule has 1 heterocycles. The second-order valence-corrected chi connectivity index (χ2v) is 6.80. The maximum atomic E-state index is 12.3. The minimum Gasteiger partial charge on any atom is -0.446 e. The van der Waals surface area contributed by atoms with Crippen molar-refractivity contribution in [2.75, 3.05) is 0 Å². The number of carbonyl (C=O) groups excluding carboxylic acids is 1. The summed E-state index contributed by atoms with van der Waals surface area (Å²) in [6.45, 7) is 2.26. The molecule has 1 fully saturated rings. The number of nitrogens with one attached hydrogen (secondary N) is 1. The van der Waals surface area contributed by atoms with E-state index in [1.54, 1.807) is 0 Å². The Hall–Kier alpha value is -2.14. The summed E-state index contributed by atoms with van der Waals surface area (Å²) in [5.41, 5.74) is 7.58. The van der Waals surface area contributed by atoms with Crippen LogP contribution in [0.25, 0.3) is 0 Å². The molecule has 0 radical (unpaired) electrons. The topological polar surface area (TPSA) is 81.2 Å². The second kappa shape index (κ2) is 7.62. The number of carbonyl (C=O) groups is 1. The molecule has 1 saturated carbocycles. The SMILES string of the molecule is CC1CCC(NC(=O)c2coc(C(N)Cc3ccccc3)n2)CC1. The van der Waals surface area contributed by atoms with Crippen LogP contribution in [0.15, 0.2) is 41.0 Å². The monoisotopic (exact) mass is 327 g/mol. The Morgan fingerprint density at radius 2 is 2.00 bits per heavy atom. The van der Waals surface area contributed by atoms with Crippen LogP contribution in [0.4, 0.5) is 0 Å². The van der Waals surface area contributed by atoms with Gasteiger partial charge in [0.05, 0.1) is 6.04 Å². The third-order valence-electron chi connectivity index (χ3n) is 4.72. The van der Waals surface area contributed by atoms with Crippen LogP contribution >= 0.6 is 0 Å². The first-order valence-electron chi connectivity index (χ1n) is 8.67. The molecule has 24 heavy (non-hydrogen) atoms. The molecule has 1 amide bonds. The Labute approximate surface area is 142 Å². The minimum atomic E-state index is -0.357. The van der Waals surface area contributed by atoms with Crippen molar-refractivity contribution in [3.63, 3.8) is 0 Å². The Kier molecular flexibility index (Phi) is 5.30. The molecule has 1 aliphatic rings. The molecule has 1 atom stereocenters. The van der Waals surface area contributed by atoms with Gasteiger partial charge in [-0.1, -0.05) is 37.3 Å². The molecule has 1 unspecified atom stereocenters. The minimum absolute atomic E-state index is 0.170. The first kappa shape index (κ1) is 16.7. The quantitative estimate of drug-likeness (QED) is 0.883. The van der Waals surface area contributed by atoms with Gasteiger partial charge in [-0.3, -0.25) is 4.79 Å². The van der Waals surface area contributed by atoms with Crippen molar-refractivity contribution in [3.8, 4) is 0 Å². The number of nitrogens with zero attached hydrogens (tertiary/aromatic N) is 1. The van der Waals surface area contributed by atoms with Crippen LogP contribution < -0.4 is 11.1 Å². The summed E-state index contributed by atoms with van der Waals surface area (Å²) in [4.78, 5) is 16.6. The lowest BCUT2D eigenvalue weighted by molar-refractivity contribution is 0.0918. The highest BCUT2D eigenvalue weighted by molar-refractivity contribution is 5.92. The number of oxazole rings is 1. The average molecular weight is 327 g/mol. The van der Waals surface area contributed by atoms with E-state index in [4.69, 9.17) is 10.2 Å². The van der Waals surface area contributed by atoms with Gasteiger partial charge in [-0.2, -0.15) is 0 Å². The summed E-state index contributed by atoms with van der Waals surface area (Å²) in [6, 6.07) is 9.83. The average Bonchev–Trinajstić information content (AvgIpc) is 3.08. The highest BCUT2D eigenvalue weighted by Gasteiger charge is 2.22. The number of hydrogen-bond acceptors (Lipinski definition) is 4. The van der Waals surface area contributed by atoms with E-state index in [1.165, 1.54) is 6.26 Å². The molecule has 0 aliphatic heterocycles. The van der Waals surface area contributed by atoms with Gasteiger partial charge in [0.25, 0.3) is 5.91 Å². The summed E-state index contributed by atoms with van der Waals surface area (Å²) >= 11 is 0. The first-order chi connectivity index (χ1) is 11.6. The number of aromatic nitrogens is 1. The van der Waals surface area contributed by atoms with Crippen molar-refractivity contribution in [3.05, 3.63) is 53.7 Å². The normalized spacial score (nSPS) is 22.1. The van der Waals surface area contributed by atoms with Gasteiger partial charge in [0, 0.05) is 6.04 Å². The third kappa shape index (κ3) is 4.23. The maximum Gasteiger partial charge on any atom is 0.273 e. The van der Waals surface area contributed by atoms with Crippen LogP contribution in [0.3, 0.4) is 0 Å². The van der Waals surface area contributed by atoms with Crippen LogP contribution in [0.2, 0.25) is 0 Å². The highest BCUT2D eigenvalue weighted by atomic mass is 16.3. The second-order valence-electron chi connectivity index (χ2n) is 6.80. The Bertz CT molecular complexity index is 660. The molecule has 1 aromatic carbocycles. The van der Waals surface area contributed by atoms with E-state index in [0.29, 0.717) is 18.0 Å². The van der Waals surface area contributed by atoms with Crippen molar-refractivity contribution >= 4 is 5.91 Å². The van der Waals surface area contributed by atoms with Crippen LogP contribution in [0.1, 0.15) is 60.6 Å². The van der Waals surface area contributed by atoms with Crippen LogP contribution in [0, 0.1) is 5.92 Å². The smallest absolute Gasteiger partial charge is 0.273 e. The lowest BCUT2D eigenvalue weighted by Crippen LogP contribution is -2.37. The van der Waals surface area contributed by atoms with Crippen LogP contribution in [-0.4, -0.2) is 16.9 Å². The zero-order valence-corrected chi connectivity index (χ0v) is 14.1. The predicted molar refractivity (Wildman–Crippen MR) is 92.5 cm³/mol. The fourth-order valence-corrected chi connectivity index (χ4v) is 3.18. The molecule has 5 heteroatoms. The molecule has 3 rings (SSSR count). The van der Waals surface area contributed by atoms with Gasteiger partial charge in [0.15, 0.2) is 5.69 Å². The Morgan fingerprint density at radius 1 is 1.29 bits per heavy atom. The molecule has 1 aromatic heterocycles. The summed E-state index contributed by atoms with van der Waals surface area (Å²) in [6.07, 6.45) is 6.42. The molecule has 0 spiro atoms. The molecule has 128 valence electrons. The number of hydrogen-bond donors (Lipinski definition) is 2. The zero-order chi connectivity index (χ0) is 16.9. The fraction of sp³-hybridized carbons (Fsp3) is 0.474. The zero-order valence-electron chi connectivity index (χ0n) is 14.1. The van der Waals surface area contributed by atoms with E-state index >= 15 is 0 Å². The molecular weight excluding hydrogens is 302 g/mol. The van der Waals surface area contributed by atoms with Crippen molar-refractivity contribution < 1.29 is 9.21 Å². The molecule has 1 aliphatic carbocycles. The standard InChI is InChI=1S/C19H25N3O2/c1-13-7-9-15(10-8-13)21-18(23)17-12-24-19(22-17)16(20)11-14-5-3-2-4-6-14/h2-6,12-13,15-16H,7-11,20H2,1H3,(H,21,23). The van der Waals surface area contributed by atoms with Crippen LogP contribution in [0.5, 0.6) is 0 Å². The molecule has 2 aromatic rings. The summed E-state index contributed by atoms with van der Waals surface area (Å²) in [5.74, 6) is 0.991. The Morgan fingerprint density at radius 3 is 2.71 bits per heavy atom. The number of nitrogens with two attached hydrogens (primary N) is 1. The van der Waals surface area contributed by atoms with Gasteiger partial charge in [-0.25, -0.2) is 4.98 Å². The van der Waals surface area contributed by atoms with Crippen molar-refractivity contribution in [2.24, 2.45) is 11.7 Å². The summed E-state index contributed by atoms with van der Waals surface area (Å²) in [7, 11) is 0. The van der Waals surface area contributed by atoms with E-state index < -0.39 is 0 Å². The van der Waals surface area contributed by atoms with E-state index in [2.05, 4.69) is 17.2 Å². The van der Waals surface area contributed by atoms with Gasteiger partial charge >= 0.3 is 0 Å². The lowest BCUT2D eigenvalue weighted by atomic mass is 9.87. The van der Waals surface area contributed by atoms with E-state index in [1.807, 2.05) is 30.3 Å². The number of benzene rings is 1.